The van der Waals surface area contributed by atoms with E-state index in [1.54, 1.807) is 6.07 Å². The van der Waals surface area contributed by atoms with Crippen molar-refractivity contribution in [2.45, 2.75) is 58.0 Å². The maximum atomic E-state index is 15.1. The van der Waals surface area contributed by atoms with Crippen LogP contribution in [-0.4, -0.2) is 16.2 Å². The summed E-state index contributed by atoms with van der Waals surface area (Å²) in [5, 5.41) is 13.3. The van der Waals surface area contributed by atoms with Crippen molar-refractivity contribution < 1.29 is 23.6 Å². The second-order valence-corrected chi connectivity index (χ2v) is 8.99. The first-order valence-electron chi connectivity index (χ1n) is 11.1. The molecule has 0 amide bonds. The predicted octanol–water partition coefficient (Wildman–Crippen LogP) is 6.13. The van der Waals surface area contributed by atoms with E-state index in [-0.39, 0.29) is 24.3 Å². The Morgan fingerprint density at radius 2 is 2.00 bits per heavy atom. The SMILES string of the molecule is Cc1noc(C)c1-c1ccc(C2CCc3ccc(C(CC(=O)O)C4CC4)cc3O2)c(F)c1. The van der Waals surface area contributed by atoms with Crippen LogP contribution in [0.1, 0.15) is 65.8 Å². The minimum Gasteiger partial charge on any atom is -0.485 e. The zero-order valence-electron chi connectivity index (χ0n) is 18.2. The molecule has 2 atom stereocenters. The molecule has 1 saturated carbocycles. The summed E-state index contributed by atoms with van der Waals surface area (Å²) in [7, 11) is 0. The maximum absolute atomic E-state index is 15.1. The van der Waals surface area contributed by atoms with Crippen LogP contribution in [-0.2, 0) is 11.2 Å². The van der Waals surface area contributed by atoms with E-state index in [1.807, 2.05) is 38.1 Å². The van der Waals surface area contributed by atoms with Gasteiger partial charge in [0.2, 0.25) is 0 Å². The fourth-order valence-corrected chi connectivity index (χ4v) is 4.92. The molecule has 5 nitrogen and oxygen atoms in total. The van der Waals surface area contributed by atoms with E-state index in [0.717, 1.165) is 53.0 Å². The molecule has 2 aromatic carbocycles. The average Bonchev–Trinajstić information content (AvgIpc) is 3.55. The van der Waals surface area contributed by atoms with Gasteiger partial charge in [-0.1, -0.05) is 29.4 Å². The summed E-state index contributed by atoms with van der Waals surface area (Å²) in [6, 6.07) is 11.2. The number of aliphatic carboxylic acids is 1. The molecule has 166 valence electrons. The van der Waals surface area contributed by atoms with Gasteiger partial charge in [-0.2, -0.15) is 0 Å². The van der Waals surface area contributed by atoms with Crippen LogP contribution in [0.3, 0.4) is 0 Å². The van der Waals surface area contributed by atoms with Gasteiger partial charge in [-0.3, -0.25) is 4.79 Å². The summed E-state index contributed by atoms with van der Waals surface area (Å²) in [4.78, 5) is 11.4. The van der Waals surface area contributed by atoms with Crippen molar-refractivity contribution in [1.29, 1.82) is 0 Å². The highest BCUT2D eigenvalue weighted by molar-refractivity contribution is 5.69. The molecule has 1 fully saturated rings. The zero-order valence-corrected chi connectivity index (χ0v) is 18.2. The highest BCUT2D eigenvalue weighted by Gasteiger charge is 2.34. The van der Waals surface area contributed by atoms with Gasteiger partial charge in [-0.15, -0.1) is 0 Å². The number of aryl methyl sites for hydroxylation is 3. The molecule has 1 aromatic heterocycles. The number of ether oxygens (including phenoxy) is 1. The van der Waals surface area contributed by atoms with Crippen LogP contribution < -0.4 is 4.74 Å². The molecule has 1 aliphatic heterocycles. The van der Waals surface area contributed by atoms with E-state index in [4.69, 9.17) is 9.26 Å². The Morgan fingerprint density at radius 3 is 2.66 bits per heavy atom. The van der Waals surface area contributed by atoms with Crippen molar-refractivity contribution in [2.75, 3.05) is 0 Å². The number of aromatic nitrogens is 1. The van der Waals surface area contributed by atoms with Crippen LogP contribution in [0.15, 0.2) is 40.9 Å². The fourth-order valence-electron chi connectivity index (χ4n) is 4.92. The van der Waals surface area contributed by atoms with Crippen molar-refractivity contribution >= 4 is 5.97 Å². The summed E-state index contributed by atoms with van der Waals surface area (Å²) >= 11 is 0. The summed E-state index contributed by atoms with van der Waals surface area (Å²) in [5.41, 5.74) is 4.91. The number of benzene rings is 2. The standard InChI is InChI=1S/C26H26FNO4/c1-14-26(15(2)32-28-14)19-7-9-20(22(27)11-19)23-10-8-17-5-6-18(12-24(17)31-23)21(13-25(29)30)16-3-4-16/h5-7,9,11-12,16,21,23H,3-4,8,10,13H2,1-2H3,(H,29,30). The van der Waals surface area contributed by atoms with Crippen LogP contribution >= 0.6 is 0 Å². The number of hydrogen-bond acceptors (Lipinski definition) is 4. The zero-order chi connectivity index (χ0) is 22.4. The Labute approximate surface area is 186 Å². The number of carboxylic acid groups (broad SMARTS) is 1. The number of hydrogen-bond donors (Lipinski definition) is 1. The Bertz CT molecular complexity index is 1160. The Hall–Kier alpha value is -3.15. The van der Waals surface area contributed by atoms with E-state index in [2.05, 4.69) is 5.16 Å². The molecular weight excluding hydrogens is 409 g/mol. The Morgan fingerprint density at radius 1 is 1.19 bits per heavy atom. The minimum atomic E-state index is -0.779. The van der Waals surface area contributed by atoms with E-state index >= 15 is 4.39 Å². The van der Waals surface area contributed by atoms with Gasteiger partial charge < -0.3 is 14.4 Å². The van der Waals surface area contributed by atoms with Crippen molar-refractivity contribution in [3.63, 3.8) is 0 Å². The monoisotopic (exact) mass is 435 g/mol. The number of halogens is 1. The second-order valence-electron chi connectivity index (χ2n) is 8.99. The number of carbonyl (C=O) groups is 1. The molecule has 0 saturated heterocycles. The smallest absolute Gasteiger partial charge is 0.303 e. The molecule has 32 heavy (non-hydrogen) atoms. The lowest BCUT2D eigenvalue weighted by Gasteiger charge is -2.28. The molecule has 2 unspecified atom stereocenters. The summed E-state index contributed by atoms with van der Waals surface area (Å²) < 4.78 is 26.6. The molecule has 1 N–H and O–H groups in total. The number of fused-ring (bicyclic) bond motifs is 1. The van der Waals surface area contributed by atoms with E-state index in [1.165, 1.54) is 6.07 Å². The quantitative estimate of drug-likeness (QED) is 0.504. The van der Waals surface area contributed by atoms with Gasteiger partial charge in [0.1, 0.15) is 23.4 Å². The third kappa shape index (κ3) is 3.90. The van der Waals surface area contributed by atoms with Gasteiger partial charge in [0, 0.05) is 11.1 Å². The van der Waals surface area contributed by atoms with E-state index in [9.17, 15) is 9.90 Å². The minimum absolute atomic E-state index is 0.00726. The highest BCUT2D eigenvalue weighted by Crippen LogP contribution is 2.46. The lowest BCUT2D eigenvalue weighted by atomic mass is 9.88. The number of rotatable bonds is 6. The van der Waals surface area contributed by atoms with Crippen molar-refractivity contribution in [3.8, 4) is 16.9 Å². The van der Waals surface area contributed by atoms with Gasteiger partial charge in [-0.05, 0) is 80.2 Å². The normalized spacial score (nSPS) is 18.7. The number of carboxylic acids is 1. The molecule has 6 heteroatoms. The largest absolute Gasteiger partial charge is 0.485 e. The molecule has 1 aliphatic carbocycles. The average molecular weight is 435 g/mol. The topological polar surface area (TPSA) is 72.6 Å². The summed E-state index contributed by atoms with van der Waals surface area (Å²) in [6.45, 7) is 3.66. The molecule has 2 heterocycles. The first-order valence-corrected chi connectivity index (χ1v) is 11.1. The highest BCUT2D eigenvalue weighted by atomic mass is 19.1. The second kappa shape index (κ2) is 8.08. The van der Waals surface area contributed by atoms with Crippen LogP contribution in [0.5, 0.6) is 5.75 Å². The predicted molar refractivity (Wildman–Crippen MR) is 117 cm³/mol. The van der Waals surface area contributed by atoms with Crippen LogP contribution in [0.2, 0.25) is 0 Å². The summed E-state index contributed by atoms with van der Waals surface area (Å²) in [6.07, 6.45) is 3.37. The molecule has 0 bridgehead atoms. The third-order valence-corrected chi connectivity index (χ3v) is 6.72. The summed E-state index contributed by atoms with van der Waals surface area (Å²) in [5.74, 6) is 0.749. The van der Waals surface area contributed by atoms with Crippen LogP contribution in [0.25, 0.3) is 11.1 Å². The molecule has 5 rings (SSSR count). The molecule has 3 aromatic rings. The first kappa shape index (κ1) is 20.7. The Balaban J connectivity index is 1.41. The lowest BCUT2D eigenvalue weighted by molar-refractivity contribution is -0.137. The van der Waals surface area contributed by atoms with Crippen LogP contribution in [0, 0.1) is 25.6 Å². The van der Waals surface area contributed by atoms with Crippen molar-refractivity contribution in [3.05, 3.63) is 70.4 Å². The van der Waals surface area contributed by atoms with E-state index in [0.29, 0.717) is 23.7 Å². The van der Waals surface area contributed by atoms with Gasteiger partial charge in [0.15, 0.2) is 0 Å². The Kier molecular flexibility index (Phi) is 5.24. The van der Waals surface area contributed by atoms with Gasteiger partial charge in [0.05, 0.1) is 12.1 Å². The maximum Gasteiger partial charge on any atom is 0.303 e. The van der Waals surface area contributed by atoms with Gasteiger partial charge in [0.25, 0.3) is 0 Å². The number of nitrogens with zero attached hydrogens (tertiary/aromatic N) is 1. The molecular formula is C26H26FNO4. The van der Waals surface area contributed by atoms with Crippen LogP contribution in [0.4, 0.5) is 4.39 Å². The van der Waals surface area contributed by atoms with Crippen molar-refractivity contribution in [2.24, 2.45) is 5.92 Å². The van der Waals surface area contributed by atoms with Gasteiger partial charge in [-0.25, -0.2) is 4.39 Å². The molecule has 0 radical (unpaired) electrons. The molecule has 2 aliphatic rings. The lowest BCUT2D eigenvalue weighted by Crippen LogP contribution is -2.17. The van der Waals surface area contributed by atoms with E-state index < -0.39 is 5.97 Å². The molecule has 0 spiro atoms. The van der Waals surface area contributed by atoms with Crippen molar-refractivity contribution in [1.82, 2.24) is 5.16 Å². The third-order valence-electron chi connectivity index (χ3n) is 6.72. The van der Waals surface area contributed by atoms with Gasteiger partial charge >= 0.3 is 5.97 Å². The first-order chi connectivity index (χ1) is 15.4. The fraction of sp³-hybridized carbons (Fsp3) is 0.385.